The van der Waals surface area contributed by atoms with Crippen molar-refractivity contribution in [3.8, 4) is 0 Å². The molecular formula is C21H16F2N4O2. The van der Waals surface area contributed by atoms with Gasteiger partial charge in [-0.2, -0.15) is 0 Å². The first-order valence-corrected chi connectivity index (χ1v) is 9.13. The van der Waals surface area contributed by atoms with Crippen molar-refractivity contribution in [2.24, 2.45) is 0 Å². The van der Waals surface area contributed by atoms with Crippen molar-refractivity contribution in [3.05, 3.63) is 76.8 Å². The molecule has 2 aliphatic heterocycles. The molecule has 29 heavy (non-hydrogen) atoms. The highest BCUT2D eigenvalue weighted by molar-refractivity contribution is 5.97. The summed E-state index contributed by atoms with van der Waals surface area (Å²) < 4.78 is 27.5. The Bertz CT molecular complexity index is 1120. The predicted molar refractivity (Wildman–Crippen MR) is 101 cm³/mol. The Hall–Kier alpha value is -3.55. The number of pyridine rings is 1. The third kappa shape index (κ3) is 2.88. The second kappa shape index (κ2) is 6.23. The number of halogens is 2. The Balaban J connectivity index is 1.27. The first-order valence-electron chi connectivity index (χ1n) is 9.13. The number of hydrogen-bond acceptors (Lipinski definition) is 3. The van der Waals surface area contributed by atoms with E-state index in [1.165, 1.54) is 11.0 Å². The van der Waals surface area contributed by atoms with Crippen LogP contribution in [0.3, 0.4) is 0 Å². The van der Waals surface area contributed by atoms with Crippen LogP contribution in [0.2, 0.25) is 0 Å². The lowest BCUT2D eigenvalue weighted by Crippen LogP contribution is -2.43. The maximum absolute atomic E-state index is 14.0. The van der Waals surface area contributed by atoms with Gasteiger partial charge in [0.15, 0.2) is 11.6 Å². The predicted octanol–water partition coefficient (Wildman–Crippen LogP) is 3.21. The molecule has 1 fully saturated rings. The molecule has 1 atom stereocenters. The van der Waals surface area contributed by atoms with Gasteiger partial charge in [-0.05, 0) is 48.4 Å². The number of urea groups is 1. The van der Waals surface area contributed by atoms with E-state index in [0.717, 1.165) is 28.6 Å². The van der Waals surface area contributed by atoms with Crippen molar-refractivity contribution in [3.63, 3.8) is 0 Å². The smallest absolute Gasteiger partial charge is 0.311 e. The van der Waals surface area contributed by atoms with Crippen LogP contribution >= 0.6 is 0 Å². The highest BCUT2D eigenvalue weighted by atomic mass is 19.2. The van der Waals surface area contributed by atoms with Crippen LogP contribution in [0.4, 0.5) is 19.3 Å². The number of nitrogens with one attached hydrogen (secondary N) is 1. The van der Waals surface area contributed by atoms with Gasteiger partial charge < -0.3 is 10.2 Å². The van der Waals surface area contributed by atoms with E-state index in [0.29, 0.717) is 0 Å². The second-order valence-electron chi connectivity index (χ2n) is 7.26. The van der Waals surface area contributed by atoms with Gasteiger partial charge in [0.25, 0.3) is 0 Å². The third-order valence-electron chi connectivity index (χ3n) is 5.35. The zero-order chi connectivity index (χ0) is 20.3. The van der Waals surface area contributed by atoms with E-state index in [1.807, 2.05) is 31.2 Å². The number of allylic oxidation sites excluding steroid dienone is 2. The Labute approximate surface area is 165 Å². The minimum atomic E-state index is -1.01. The summed E-state index contributed by atoms with van der Waals surface area (Å²) in [5.74, 6) is -2.26. The lowest BCUT2D eigenvalue weighted by atomic mass is 10.1. The standard InChI is InChI=1S/C21H16F2N4O2/c1-11-2-3-12(8-24-11)13-6-17-18(7-13)27(17)19(28)10-26-9-14-16(25-21(26)29)5-4-15(22)20(14)23/h2-8,17H,9-10H2,1H3,(H,25,29)/t17-,27?/m1/s1. The molecule has 0 radical (unpaired) electrons. The van der Waals surface area contributed by atoms with E-state index in [4.69, 9.17) is 0 Å². The number of amides is 3. The molecule has 1 aromatic carbocycles. The lowest BCUT2D eigenvalue weighted by molar-refractivity contribution is -0.126. The van der Waals surface area contributed by atoms with Crippen molar-refractivity contribution >= 4 is 23.2 Å². The minimum Gasteiger partial charge on any atom is -0.311 e. The molecule has 146 valence electrons. The van der Waals surface area contributed by atoms with Crippen molar-refractivity contribution in [2.75, 3.05) is 11.9 Å². The number of aromatic nitrogens is 1. The van der Waals surface area contributed by atoms with Crippen molar-refractivity contribution in [2.45, 2.75) is 19.5 Å². The number of carbonyl (C=O) groups is 2. The molecule has 1 saturated heterocycles. The maximum atomic E-state index is 14.0. The maximum Gasteiger partial charge on any atom is 0.322 e. The van der Waals surface area contributed by atoms with Crippen LogP contribution in [0.15, 0.2) is 48.3 Å². The van der Waals surface area contributed by atoms with Gasteiger partial charge in [-0.1, -0.05) is 6.07 Å². The molecule has 1 N–H and O–H groups in total. The Morgan fingerprint density at radius 3 is 2.79 bits per heavy atom. The highest BCUT2D eigenvalue weighted by Gasteiger charge is 2.47. The van der Waals surface area contributed by atoms with Gasteiger partial charge in [0.2, 0.25) is 5.91 Å². The van der Waals surface area contributed by atoms with E-state index < -0.39 is 17.7 Å². The van der Waals surface area contributed by atoms with E-state index >= 15 is 0 Å². The number of rotatable bonds is 3. The third-order valence-corrected chi connectivity index (χ3v) is 5.35. The first kappa shape index (κ1) is 17.5. The quantitative estimate of drug-likeness (QED) is 0.813. The monoisotopic (exact) mass is 394 g/mol. The van der Waals surface area contributed by atoms with Crippen LogP contribution in [0.5, 0.6) is 0 Å². The number of fused-ring (bicyclic) bond motifs is 2. The average molecular weight is 394 g/mol. The molecule has 5 rings (SSSR count). The van der Waals surface area contributed by atoms with E-state index in [1.54, 1.807) is 11.1 Å². The summed E-state index contributed by atoms with van der Waals surface area (Å²) in [7, 11) is 0. The van der Waals surface area contributed by atoms with Crippen molar-refractivity contribution < 1.29 is 18.4 Å². The number of hydrogen-bond donors (Lipinski definition) is 1. The van der Waals surface area contributed by atoms with Gasteiger partial charge in [0.05, 0.1) is 18.3 Å². The molecule has 1 aliphatic carbocycles. The van der Waals surface area contributed by atoms with E-state index in [-0.39, 0.29) is 36.3 Å². The fraction of sp³-hybridized carbons (Fsp3) is 0.190. The summed E-state index contributed by atoms with van der Waals surface area (Å²) in [6.07, 6.45) is 5.69. The molecule has 3 heterocycles. The topological polar surface area (TPSA) is 65.3 Å². The van der Waals surface area contributed by atoms with Crippen LogP contribution < -0.4 is 5.32 Å². The SMILES string of the molecule is Cc1ccc(C2=C[C@@H]3C(=C2)N3C(=O)CN2Cc3c(ccc(F)c3F)NC2=O)cn1. The number of nitrogens with zero attached hydrogens (tertiary/aromatic N) is 3. The minimum absolute atomic E-state index is 0.0386. The normalized spacial score (nSPS) is 19.3. The lowest BCUT2D eigenvalue weighted by Gasteiger charge is -2.29. The molecule has 3 amide bonds. The molecule has 0 bridgehead atoms. The summed E-state index contributed by atoms with van der Waals surface area (Å²) in [4.78, 5) is 31.9. The Kier molecular flexibility index (Phi) is 3.77. The van der Waals surface area contributed by atoms with Gasteiger partial charge in [-0.3, -0.25) is 14.7 Å². The van der Waals surface area contributed by atoms with Crippen LogP contribution in [0.25, 0.3) is 5.57 Å². The fourth-order valence-electron chi connectivity index (χ4n) is 3.72. The van der Waals surface area contributed by atoms with Crippen LogP contribution in [0, 0.1) is 18.6 Å². The summed E-state index contributed by atoms with van der Waals surface area (Å²) >= 11 is 0. The summed E-state index contributed by atoms with van der Waals surface area (Å²) in [5, 5.41) is 2.50. The molecule has 8 heteroatoms. The highest BCUT2D eigenvalue weighted by Crippen LogP contribution is 2.43. The van der Waals surface area contributed by atoms with E-state index in [2.05, 4.69) is 10.3 Å². The molecule has 2 aromatic rings. The van der Waals surface area contributed by atoms with Gasteiger partial charge in [-0.25, -0.2) is 13.6 Å². The number of aryl methyl sites for hydroxylation is 1. The Morgan fingerprint density at radius 1 is 1.28 bits per heavy atom. The van der Waals surface area contributed by atoms with Crippen LogP contribution in [-0.2, 0) is 11.3 Å². The molecule has 0 spiro atoms. The van der Waals surface area contributed by atoms with Crippen LogP contribution in [0.1, 0.15) is 16.8 Å². The average Bonchev–Trinajstić information content (AvgIpc) is 3.21. The van der Waals surface area contributed by atoms with Crippen molar-refractivity contribution in [1.82, 2.24) is 14.8 Å². The Morgan fingerprint density at radius 2 is 2.10 bits per heavy atom. The zero-order valence-electron chi connectivity index (χ0n) is 15.4. The van der Waals surface area contributed by atoms with E-state index in [9.17, 15) is 18.4 Å². The molecule has 1 aromatic heterocycles. The number of benzene rings is 1. The fourth-order valence-corrected chi connectivity index (χ4v) is 3.72. The number of carbonyl (C=O) groups excluding carboxylic acids is 2. The summed E-state index contributed by atoms with van der Waals surface area (Å²) in [5.41, 5.74) is 4.04. The van der Waals surface area contributed by atoms with Gasteiger partial charge in [-0.15, -0.1) is 0 Å². The van der Waals surface area contributed by atoms with Gasteiger partial charge in [0.1, 0.15) is 6.54 Å². The summed E-state index contributed by atoms with van der Waals surface area (Å²) in [6, 6.07) is 5.55. The number of anilines is 1. The summed E-state index contributed by atoms with van der Waals surface area (Å²) in [6.45, 7) is 1.53. The van der Waals surface area contributed by atoms with Gasteiger partial charge in [0, 0.05) is 23.2 Å². The molecule has 6 nitrogen and oxygen atoms in total. The second-order valence-corrected chi connectivity index (χ2v) is 7.26. The molecular weight excluding hydrogens is 378 g/mol. The molecule has 3 aliphatic rings. The van der Waals surface area contributed by atoms with Gasteiger partial charge >= 0.3 is 6.03 Å². The largest absolute Gasteiger partial charge is 0.322 e. The molecule has 0 unspecified atom stereocenters. The van der Waals surface area contributed by atoms with Crippen LogP contribution in [-0.4, -0.2) is 39.3 Å². The zero-order valence-corrected chi connectivity index (χ0v) is 15.4. The molecule has 0 saturated carbocycles. The first-order chi connectivity index (χ1) is 13.9. The van der Waals surface area contributed by atoms with Crippen molar-refractivity contribution in [1.29, 1.82) is 0 Å².